The quantitative estimate of drug-likeness (QED) is 0.557. The van der Waals surface area contributed by atoms with E-state index in [2.05, 4.69) is 11.1 Å². The van der Waals surface area contributed by atoms with E-state index in [-0.39, 0.29) is 23.8 Å². The van der Waals surface area contributed by atoms with Crippen LogP contribution in [0.25, 0.3) is 0 Å². The first kappa shape index (κ1) is 21.0. The van der Waals surface area contributed by atoms with Crippen molar-refractivity contribution < 1.29 is 25.2 Å². The molecular weight excluding hydrogens is 354 g/mol. The molecule has 0 aromatic carbocycles. The highest BCUT2D eigenvalue weighted by molar-refractivity contribution is 7.98. The van der Waals surface area contributed by atoms with Crippen LogP contribution in [0.15, 0.2) is 0 Å². The van der Waals surface area contributed by atoms with Gasteiger partial charge in [0, 0.05) is 25.4 Å². The summed E-state index contributed by atoms with van der Waals surface area (Å²) in [5.41, 5.74) is 3.91. The molecule has 1 aliphatic heterocycles. The van der Waals surface area contributed by atoms with Crippen molar-refractivity contribution in [1.82, 2.24) is 10.2 Å². The van der Waals surface area contributed by atoms with E-state index in [0.29, 0.717) is 25.4 Å². The summed E-state index contributed by atoms with van der Waals surface area (Å²) in [4.78, 5) is 37.3. The Hall–Kier alpha value is -1.28. The Morgan fingerprint density at radius 1 is 1.23 bits per heavy atom. The Bertz CT molecular complexity index is 509. The van der Waals surface area contributed by atoms with Crippen molar-refractivity contribution in [1.29, 1.82) is 0 Å². The lowest BCUT2D eigenvalue weighted by Gasteiger charge is -2.33. The van der Waals surface area contributed by atoms with Crippen molar-refractivity contribution in [2.24, 2.45) is 11.8 Å². The average molecular weight is 386 g/mol. The first-order chi connectivity index (χ1) is 12.4. The standard InChI is InChI=1S/C18H31N3O4S/c1-26-10-8-14(19)16(22)20-11-12-4-6-13(7-5-12)17(23)21-9-2-3-15(21)18(24)25/h12-15H,2-11,19H2,1H3,(H,20,22)(H,24,25)/t12?,13?,14-,15-/m0/s1. The number of carbonyl (C=O) groups excluding carboxylic acids is 3. The van der Waals surface area contributed by atoms with Crippen LogP contribution in [0.4, 0.5) is 0 Å². The van der Waals surface area contributed by atoms with Crippen molar-refractivity contribution in [3.63, 3.8) is 0 Å². The van der Waals surface area contributed by atoms with Crippen molar-refractivity contribution in [3.05, 3.63) is 0 Å². The Morgan fingerprint density at radius 2 is 1.92 bits per heavy atom. The highest BCUT2D eigenvalue weighted by Gasteiger charge is 2.35. The smallest absolute Gasteiger partial charge is 0.278 e. The molecule has 0 aromatic rings. The topological polar surface area (TPSA) is 117 Å². The summed E-state index contributed by atoms with van der Waals surface area (Å²) in [5.74, 6) is 0.0463. The lowest BCUT2D eigenvalue weighted by atomic mass is 9.81. The summed E-state index contributed by atoms with van der Waals surface area (Å²) in [5, 5.41) is 14.2. The van der Waals surface area contributed by atoms with Gasteiger partial charge in [0.25, 0.3) is 5.91 Å². The fourth-order valence-corrected chi connectivity index (χ4v) is 4.42. The molecule has 0 radical (unpaired) electrons. The van der Waals surface area contributed by atoms with Crippen LogP contribution in [-0.4, -0.2) is 59.9 Å². The number of carboxylic acid groups (broad SMARTS) is 1. The van der Waals surface area contributed by atoms with Crippen LogP contribution >= 0.6 is 11.8 Å². The molecular formula is C18H31N3O4S. The Morgan fingerprint density at radius 3 is 2.54 bits per heavy atom. The van der Waals surface area contributed by atoms with Crippen LogP contribution in [0.1, 0.15) is 44.9 Å². The number of quaternary nitrogens is 1. The van der Waals surface area contributed by atoms with Gasteiger partial charge in [0.1, 0.15) is 0 Å². The van der Waals surface area contributed by atoms with Crippen molar-refractivity contribution >= 4 is 29.5 Å². The minimum Gasteiger partial charge on any atom is -0.548 e. The van der Waals surface area contributed by atoms with Gasteiger partial charge in [-0.1, -0.05) is 0 Å². The molecule has 26 heavy (non-hydrogen) atoms. The van der Waals surface area contributed by atoms with E-state index in [9.17, 15) is 19.5 Å². The molecule has 1 saturated heterocycles. The maximum Gasteiger partial charge on any atom is 0.278 e. The molecule has 0 spiro atoms. The monoisotopic (exact) mass is 385 g/mol. The highest BCUT2D eigenvalue weighted by Crippen LogP contribution is 2.31. The minimum atomic E-state index is -1.14. The molecule has 2 rings (SSSR count). The number of carbonyl (C=O) groups is 3. The molecule has 2 aliphatic rings. The Balaban J connectivity index is 1.72. The van der Waals surface area contributed by atoms with Crippen LogP contribution in [0.2, 0.25) is 0 Å². The molecule has 0 aromatic heterocycles. The zero-order valence-electron chi connectivity index (χ0n) is 15.6. The third-order valence-corrected chi connectivity index (χ3v) is 6.25. The van der Waals surface area contributed by atoms with Gasteiger partial charge in [-0.15, -0.1) is 0 Å². The third-order valence-electron chi connectivity index (χ3n) is 5.61. The van der Waals surface area contributed by atoms with E-state index in [1.807, 2.05) is 6.26 Å². The van der Waals surface area contributed by atoms with Gasteiger partial charge < -0.3 is 25.9 Å². The Kier molecular flexibility index (Phi) is 8.21. The van der Waals surface area contributed by atoms with Crippen LogP contribution in [-0.2, 0) is 14.4 Å². The second-order valence-corrected chi connectivity index (χ2v) is 8.44. The number of hydrogen-bond donors (Lipinski definition) is 2. The van der Waals surface area contributed by atoms with Crippen LogP contribution < -0.4 is 16.2 Å². The number of amides is 2. The normalized spacial score (nSPS) is 27.2. The maximum atomic E-state index is 12.6. The van der Waals surface area contributed by atoms with E-state index < -0.39 is 12.0 Å². The van der Waals surface area contributed by atoms with Crippen molar-refractivity contribution in [3.8, 4) is 0 Å². The zero-order chi connectivity index (χ0) is 19.1. The van der Waals surface area contributed by atoms with Gasteiger partial charge in [-0.3, -0.25) is 9.59 Å². The molecule has 8 heteroatoms. The number of rotatable bonds is 8. The molecule has 4 N–H and O–H groups in total. The minimum absolute atomic E-state index is 0.00566. The van der Waals surface area contributed by atoms with Crippen molar-refractivity contribution in [2.75, 3.05) is 25.1 Å². The van der Waals surface area contributed by atoms with E-state index >= 15 is 0 Å². The van der Waals surface area contributed by atoms with E-state index in [1.54, 1.807) is 11.8 Å². The third kappa shape index (κ3) is 5.61. The van der Waals surface area contributed by atoms with Gasteiger partial charge >= 0.3 is 0 Å². The average Bonchev–Trinajstić information content (AvgIpc) is 3.14. The second kappa shape index (κ2) is 10.2. The number of aliphatic carboxylic acids is 1. The predicted octanol–water partition coefficient (Wildman–Crippen LogP) is -0.986. The van der Waals surface area contributed by atoms with Gasteiger partial charge in [0.15, 0.2) is 6.04 Å². The van der Waals surface area contributed by atoms with Crippen LogP contribution in [0.3, 0.4) is 0 Å². The molecule has 2 atom stereocenters. The van der Waals surface area contributed by atoms with Crippen molar-refractivity contribution in [2.45, 2.75) is 57.0 Å². The molecule has 2 fully saturated rings. The summed E-state index contributed by atoms with van der Waals surface area (Å²) < 4.78 is 0. The number of nitrogens with one attached hydrogen (secondary N) is 1. The number of hydrogen-bond acceptors (Lipinski definition) is 5. The highest BCUT2D eigenvalue weighted by atomic mass is 32.2. The maximum absolute atomic E-state index is 12.6. The molecule has 2 amide bonds. The molecule has 148 valence electrons. The van der Waals surface area contributed by atoms with Gasteiger partial charge in [-0.25, -0.2) is 0 Å². The van der Waals surface area contributed by atoms with E-state index in [4.69, 9.17) is 0 Å². The first-order valence-corrected chi connectivity index (χ1v) is 10.9. The summed E-state index contributed by atoms with van der Waals surface area (Å²) in [7, 11) is 0. The predicted molar refractivity (Wildman–Crippen MR) is 97.9 cm³/mol. The Labute approximate surface area is 159 Å². The number of nitrogens with zero attached hydrogens (tertiary/aromatic N) is 1. The molecule has 7 nitrogen and oxygen atoms in total. The SMILES string of the molecule is CSCC[C@H]([NH3+])C(=O)NCC1CCC(C(=O)N2CCC[C@H]2C(=O)[O-])CC1. The van der Waals surface area contributed by atoms with Crippen LogP contribution in [0, 0.1) is 11.8 Å². The lowest BCUT2D eigenvalue weighted by Crippen LogP contribution is -2.67. The zero-order valence-corrected chi connectivity index (χ0v) is 16.4. The molecule has 1 saturated carbocycles. The number of thioether (sulfide) groups is 1. The first-order valence-electron chi connectivity index (χ1n) is 9.55. The fourth-order valence-electron chi connectivity index (χ4n) is 3.90. The summed E-state index contributed by atoms with van der Waals surface area (Å²) in [6.45, 7) is 1.16. The van der Waals surface area contributed by atoms with E-state index in [1.165, 1.54) is 4.90 Å². The van der Waals surface area contributed by atoms with Gasteiger partial charge in [-0.2, -0.15) is 11.8 Å². The molecule has 0 bridgehead atoms. The number of carboxylic acids is 1. The molecule has 1 heterocycles. The summed E-state index contributed by atoms with van der Waals surface area (Å²) in [6, 6.07) is -0.966. The second-order valence-electron chi connectivity index (χ2n) is 7.45. The number of likely N-dealkylation sites (tertiary alicyclic amines) is 1. The largest absolute Gasteiger partial charge is 0.548 e. The molecule has 0 unspecified atom stereocenters. The van der Waals surface area contributed by atoms with Crippen LogP contribution in [0.5, 0.6) is 0 Å². The van der Waals surface area contributed by atoms with Gasteiger partial charge in [0.2, 0.25) is 5.91 Å². The summed E-state index contributed by atoms with van der Waals surface area (Å²) >= 11 is 1.71. The van der Waals surface area contributed by atoms with E-state index in [0.717, 1.165) is 44.3 Å². The summed E-state index contributed by atoms with van der Waals surface area (Å²) in [6.07, 6.45) is 7.31. The van der Waals surface area contributed by atoms with Gasteiger partial charge in [-0.05, 0) is 56.5 Å². The lowest BCUT2D eigenvalue weighted by molar-refractivity contribution is -0.403. The van der Waals surface area contributed by atoms with Gasteiger partial charge in [0.05, 0.1) is 12.0 Å². The molecule has 1 aliphatic carbocycles. The fraction of sp³-hybridized carbons (Fsp3) is 0.833.